The van der Waals surface area contributed by atoms with Crippen molar-refractivity contribution in [1.29, 1.82) is 0 Å². The summed E-state index contributed by atoms with van der Waals surface area (Å²) in [6, 6.07) is 44.0. The Morgan fingerprint density at radius 2 is 1.41 bits per heavy atom. The molecular weight excluding hydrogens is 745 g/mol. The quantitative estimate of drug-likeness (QED) is 0.178. The van der Waals surface area contributed by atoms with E-state index in [1.54, 1.807) is 0 Å². The Hall–Kier alpha value is -6.46. The first kappa shape index (κ1) is 35.3. The first-order valence-corrected chi connectivity index (χ1v) is 21.5. The Balaban J connectivity index is 1.15. The van der Waals surface area contributed by atoms with E-state index in [-0.39, 0.29) is 11.8 Å². The highest BCUT2D eigenvalue weighted by Crippen LogP contribution is 2.53. The van der Waals surface area contributed by atoms with Gasteiger partial charge in [0.1, 0.15) is 16.8 Å². The molecule has 11 rings (SSSR count). The maximum Gasteiger partial charge on any atom is 0.217 e. The van der Waals surface area contributed by atoms with Crippen LogP contribution in [0, 0.1) is 27.7 Å². The van der Waals surface area contributed by atoms with Gasteiger partial charge in [-0.1, -0.05) is 80.9 Å². The number of aliphatic imine (C=N–C) groups is 1. The molecule has 0 bridgehead atoms. The molecule has 0 spiro atoms. The molecule has 0 saturated heterocycles. The van der Waals surface area contributed by atoms with Crippen molar-refractivity contribution >= 4 is 49.6 Å². The van der Waals surface area contributed by atoms with Gasteiger partial charge in [0.25, 0.3) is 0 Å². The normalized spacial score (nSPS) is 20.1. The van der Waals surface area contributed by atoms with E-state index >= 15 is 0 Å². The monoisotopic (exact) mass is 798 g/mol. The van der Waals surface area contributed by atoms with Crippen LogP contribution in [-0.2, 0) is 22.1 Å². The molecule has 2 aliphatic rings. The van der Waals surface area contributed by atoms with Gasteiger partial charge in [-0.15, -0.1) is 0 Å². The van der Waals surface area contributed by atoms with Crippen LogP contribution in [0.4, 0.5) is 0 Å². The highest BCUT2D eigenvalue weighted by Gasteiger charge is 2.56. The van der Waals surface area contributed by atoms with Crippen LogP contribution >= 0.6 is 0 Å². The molecule has 6 aromatic carbocycles. The molecule has 4 heterocycles. The van der Waals surface area contributed by atoms with Gasteiger partial charge in [-0.05, 0) is 171 Å². The van der Waals surface area contributed by atoms with Gasteiger partial charge < -0.3 is 9.30 Å². The van der Waals surface area contributed by atoms with Gasteiger partial charge in [0.15, 0.2) is 0 Å². The summed E-state index contributed by atoms with van der Waals surface area (Å²) in [6.07, 6.45) is 0.519. The lowest BCUT2D eigenvalue weighted by Crippen LogP contribution is -2.48. The standard InChI is InChI=1S/C56H52N4O/c1-33-17-21-48-44(26-33)45-27-35(3)50(60-49-22-19-38(37-14-11-10-12-15-37)30-46(49)43-16-13-25-57-52(43)60)32-51(45)59(48)41-29-39(28-40(31-41)54(5,6)7)53-58-56(9)47-20-18-34(2)36(4)42(47)23-24-55(56,8)61-53/h10-22,25-32H,23-24H2,1-9H3/t55-,56+/m0/s1/i23D2. The zero-order chi connectivity index (χ0) is 44.0. The summed E-state index contributed by atoms with van der Waals surface area (Å²) in [5.41, 5.74) is 15.0. The lowest BCUT2D eigenvalue weighted by molar-refractivity contribution is 0.0163. The Labute approximate surface area is 361 Å². The van der Waals surface area contributed by atoms with E-state index in [4.69, 9.17) is 14.7 Å². The summed E-state index contributed by atoms with van der Waals surface area (Å²) in [6.45, 7) is 19.4. The van der Waals surface area contributed by atoms with Crippen molar-refractivity contribution in [3.05, 3.63) is 172 Å². The second-order valence-corrected chi connectivity index (χ2v) is 18.9. The molecule has 0 unspecified atom stereocenters. The van der Waals surface area contributed by atoms with E-state index in [1.807, 2.05) is 26.1 Å². The Bertz CT molecular complexity index is 3440. The second-order valence-electron chi connectivity index (χ2n) is 18.9. The topological polar surface area (TPSA) is 44.3 Å². The molecule has 5 heteroatoms. The van der Waals surface area contributed by atoms with Crippen LogP contribution in [0.1, 0.15) is 88.3 Å². The number of fused-ring (bicyclic) bond motifs is 9. The number of rotatable bonds is 4. The van der Waals surface area contributed by atoms with E-state index in [0.717, 1.165) is 77.9 Å². The zero-order valence-corrected chi connectivity index (χ0v) is 36.5. The van der Waals surface area contributed by atoms with Gasteiger partial charge in [-0.25, -0.2) is 9.98 Å². The van der Waals surface area contributed by atoms with Crippen molar-refractivity contribution in [2.75, 3.05) is 0 Å². The first-order chi connectivity index (χ1) is 30.0. The van der Waals surface area contributed by atoms with E-state index in [9.17, 15) is 2.74 Å². The molecule has 0 fully saturated rings. The highest BCUT2D eigenvalue weighted by atomic mass is 16.5. The number of benzene rings is 6. The van der Waals surface area contributed by atoms with Crippen molar-refractivity contribution in [3.8, 4) is 22.5 Å². The highest BCUT2D eigenvalue weighted by molar-refractivity contribution is 6.12. The van der Waals surface area contributed by atoms with Crippen LogP contribution in [-0.4, -0.2) is 25.6 Å². The Morgan fingerprint density at radius 3 is 2.21 bits per heavy atom. The summed E-state index contributed by atoms with van der Waals surface area (Å²) in [5.74, 6) is 0.550. The van der Waals surface area contributed by atoms with E-state index in [2.05, 4.69) is 173 Å². The van der Waals surface area contributed by atoms with E-state index in [0.29, 0.717) is 5.90 Å². The van der Waals surface area contributed by atoms with Crippen LogP contribution in [0.15, 0.2) is 133 Å². The van der Waals surface area contributed by atoms with Gasteiger partial charge in [0, 0.05) is 41.7 Å². The third kappa shape index (κ3) is 5.52. The minimum absolute atomic E-state index is 0.201. The fourth-order valence-corrected chi connectivity index (χ4v) is 10.0. The van der Waals surface area contributed by atoms with Crippen molar-refractivity contribution in [1.82, 2.24) is 14.1 Å². The molecule has 0 amide bonds. The number of aromatic nitrogens is 3. The van der Waals surface area contributed by atoms with Crippen molar-refractivity contribution in [3.63, 3.8) is 0 Å². The van der Waals surface area contributed by atoms with Gasteiger partial charge in [-0.3, -0.25) is 4.57 Å². The predicted molar refractivity (Wildman–Crippen MR) is 254 cm³/mol. The maximum atomic E-state index is 9.34. The summed E-state index contributed by atoms with van der Waals surface area (Å²) in [7, 11) is 0. The number of hydrogen-bond acceptors (Lipinski definition) is 3. The largest absolute Gasteiger partial charge is 0.468 e. The molecule has 5 nitrogen and oxygen atoms in total. The van der Waals surface area contributed by atoms with Crippen molar-refractivity contribution in [2.45, 2.75) is 91.7 Å². The minimum Gasteiger partial charge on any atom is -0.468 e. The molecule has 302 valence electrons. The van der Waals surface area contributed by atoms with Gasteiger partial charge >= 0.3 is 0 Å². The minimum atomic E-state index is -1.57. The summed E-state index contributed by atoms with van der Waals surface area (Å²) >= 11 is 0. The molecule has 9 aromatic rings. The molecule has 0 N–H and O–H groups in total. The van der Waals surface area contributed by atoms with Crippen LogP contribution in [0.25, 0.3) is 66.2 Å². The fourth-order valence-electron chi connectivity index (χ4n) is 10.0. The fraction of sp³-hybridized carbons (Fsp3) is 0.250. The molecular formula is C56H52N4O. The molecule has 2 atom stereocenters. The lowest BCUT2D eigenvalue weighted by atomic mass is 9.67. The molecule has 1 aliphatic heterocycles. The SMILES string of the molecule is [2H]C1([2H])C[C@]2(C)OC(c3cc(-n4c5ccc(C)cc5c5cc(C)c(-n6c7ccc(-c8ccccc8)cc7c7cccnc76)cc54)cc(C(C)(C)C)c3)=N[C@]2(C)c2ccc(C)c(C)c21. The average Bonchev–Trinajstić information content (AvgIpc) is 3.84. The zero-order valence-electron chi connectivity index (χ0n) is 38.5. The third-order valence-corrected chi connectivity index (χ3v) is 13.9. The number of hydrogen-bond donors (Lipinski definition) is 0. The molecule has 61 heavy (non-hydrogen) atoms. The van der Waals surface area contributed by atoms with Gasteiger partial charge in [-0.2, -0.15) is 0 Å². The summed E-state index contributed by atoms with van der Waals surface area (Å²) in [4.78, 5) is 10.5. The number of aryl methyl sites for hydroxylation is 3. The lowest BCUT2D eigenvalue weighted by Gasteiger charge is -2.43. The van der Waals surface area contributed by atoms with Crippen LogP contribution in [0.2, 0.25) is 0 Å². The van der Waals surface area contributed by atoms with Crippen molar-refractivity contribution < 1.29 is 7.48 Å². The maximum absolute atomic E-state index is 9.34. The second kappa shape index (κ2) is 13.0. The van der Waals surface area contributed by atoms with Crippen LogP contribution in [0.5, 0.6) is 0 Å². The number of nitrogens with zero attached hydrogens (tertiary/aromatic N) is 4. The van der Waals surface area contributed by atoms with Crippen LogP contribution < -0.4 is 0 Å². The summed E-state index contributed by atoms with van der Waals surface area (Å²) in [5, 5.41) is 4.66. The Kier molecular flexibility index (Phi) is 7.54. The van der Waals surface area contributed by atoms with Crippen LogP contribution in [0.3, 0.4) is 0 Å². The first-order valence-electron chi connectivity index (χ1n) is 22.5. The summed E-state index contributed by atoms with van der Waals surface area (Å²) < 4.78 is 30.4. The van der Waals surface area contributed by atoms with Gasteiger partial charge in [0.2, 0.25) is 5.90 Å². The van der Waals surface area contributed by atoms with E-state index < -0.39 is 17.5 Å². The molecule has 3 aromatic heterocycles. The number of pyridine rings is 1. The average molecular weight is 799 g/mol. The molecule has 1 aliphatic carbocycles. The predicted octanol–water partition coefficient (Wildman–Crippen LogP) is 13.9. The van der Waals surface area contributed by atoms with E-state index in [1.165, 1.54) is 32.8 Å². The smallest absolute Gasteiger partial charge is 0.217 e. The Morgan fingerprint density at radius 1 is 0.656 bits per heavy atom. The van der Waals surface area contributed by atoms with Crippen molar-refractivity contribution in [2.24, 2.45) is 4.99 Å². The van der Waals surface area contributed by atoms with Gasteiger partial charge in [0.05, 0.1) is 22.2 Å². The third-order valence-electron chi connectivity index (χ3n) is 13.9. The molecule has 0 radical (unpaired) electrons. The number of ether oxygens (including phenoxy) is 1. The molecule has 0 saturated carbocycles.